The maximum absolute atomic E-state index is 12.1. The maximum atomic E-state index is 12.1. The molecule has 0 saturated heterocycles. The molecule has 0 fully saturated rings. The number of rotatable bonds is 0. The lowest BCUT2D eigenvalue weighted by Gasteiger charge is -2.23. The molecule has 0 saturated carbocycles. The number of hydrogen-bond donors (Lipinski definition) is 0. The van der Waals surface area contributed by atoms with Crippen molar-refractivity contribution in [3.63, 3.8) is 0 Å². The molecule has 2 aliphatic rings. The Morgan fingerprint density at radius 1 is 0.846 bits per heavy atom. The van der Waals surface area contributed by atoms with Gasteiger partial charge in [-0.2, -0.15) is 0 Å². The summed E-state index contributed by atoms with van der Waals surface area (Å²) in [5.74, 6) is 0. The van der Waals surface area contributed by atoms with Crippen molar-refractivity contribution in [2.24, 2.45) is 0 Å². The Bertz CT molecular complexity index is 394. The Balaban J connectivity index is 2.79. The average molecular weight is 196 g/mol. The average Bonchev–Trinajstić information content (AvgIpc) is 2.15. The molecular weight excluding hydrogens is 184 g/mol. The fourth-order valence-electron chi connectivity index (χ4n) is 1.77. The molecule has 0 aromatic rings. The molecule has 0 aromatic heterocycles. The Labute approximate surface area is 78.6 Å². The molecule has 0 amide bonds. The summed E-state index contributed by atoms with van der Waals surface area (Å²) in [5.41, 5.74) is 0. The van der Waals surface area contributed by atoms with Gasteiger partial charge in [0, 0.05) is 0 Å². The highest BCUT2D eigenvalue weighted by atomic mass is 32.2. The van der Waals surface area contributed by atoms with Crippen LogP contribution >= 0.6 is 0 Å². The SMILES string of the molecule is C[C@@]12C=CC=C[C@](C)(C=C1)S2(=O)=O. The third-order valence-corrected chi connectivity index (χ3v) is 5.73. The third-order valence-electron chi connectivity index (χ3n) is 2.87. The molecule has 0 N–H and O–H groups in total. The largest absolute Gasteiger partial charge is 0.226 e. The highest BCUT2D eigenvalue weighted by molar-refractivity contribution is 7.95. The van der Waals surface area contributed by atoms with E-state index >= 15 is 0 Å². The molecule has 2 aliphatic heterocycles. The molecule has 2 atom stereocenters. The van der Waals surface area contributed by atoms with Crippen molar-refractivity contribution < 1.29 is 8.42 Å². The highest BCUT2D eigenvalue weighted by Crippen LogP contribution is 2.41. The quantitative estimate of drug-likeness (QED) is 0.552. The fraction of sp³-hybridized carbons (Fsp3) is 0.400. The zero-order valence-corrected chi connectivity index (χ0v) is 8.51. The lowest BCUT2D eigenvalue weighted by Crippen LogP contribution is -2.38. The van der Waals surface area contributed by atoms with Crippen LogP contribution in [0.1, 0.15) is 13.8 Å². The van der Waals surface area contributed by atoms with Gasteiger partial charge in [-0.15, -0.1) is 0 Å². The molecule has 2 nitrogen and oxygen atoms in total. The minimum Gasteiger partial charge on any atom is -0.226 e. The summed E-state index contributed by atoms with van der Waals surface area (Å²) in [6.45, 7) is 3.46. The van der Waals surface area contributed by atoms with Crippen molar-refractivity contribution in [2.45, 2.75) is 23.3 Å². The van der Waals surface area contributed by atoms with Crippen LogP contribution in [0.2, 0.25) is 0 Å². The molecule has 2 bridgehead atoms. The topological polar surface area (TPSA) is 34.1 Å². The van der Waals surface area contributed by atoms with E-state index in [0.717, 1.165) is 0 Å². The summed E-state index contributed by atoms with van der Waals surface area (Å²) >= 11 is 0. The molecule has 2 heterocycles. The van der Waals surface area contributed by atoms with Gasteiger partial charge in [0.05, 0.1) is 0 Å². The molecule has 0 aliphatic carbocycles. The summed E-state index contributed by atoms with van der Waals surface area (Å²) in [7, 11) is -3.15. The number of allylic oxidation sites excluding steroid dienone is 2. The minimum atomic E-state index is -3.15. The van der Waals surface area contributed by atoms with Gasteiger partial charge < -0.3 is 0 Å². The lowest BCUT2D eigenvalue weighted by atomic mass is 10.0. The van der Waals surface area contributed by atoms with Crippen molar-refractivity contribution in [3.05, 3.63) is 36.5 Å². The van der Waals surface area contributed by atoms with Crippen molar-refractivity contribution in [3.8, 4) is 0 Å². The van der Waals surface area contributed by atoms with Crippen LogP contribution < -0.4 is 0 Å². The van der Waals surface area contributed by atoms with Gasteiger partial charge in [0.25, 0.3) is 0 Å². The van der Waals surface area contributed by atoms with Crippen LogP contribution in [0.5, 0.6) is 0 Å². The first-order valence-electron chi connectivity index (χ1n) is 4.23. The molecule has 70 valence electrons. The molecule has 3 heteroatoms. The molecule has 2 rings (SSSR count). The molecule has 0 spiro atoms. The third kappa shape index (κ3) is 0.854. The zero-order valence-electron chi connectivity index (χ0n) is 7.69. The lowest BCUT2D eigenvalue weighted by molar-refractivity contribution is 0.571. The van der Waals surface area contributed by atoms with E-state index in [-0.39, 0.29) is 0 Å². The first-order valence-corrected chi connectivity index (χ1v) is 5.71. The van der Waals surface area contributed by atoms with Gasteiger partial charge in [-0.25, -0.2) is 8.42 Å². The van der Waals surface area contributed by atoms with E-state index in [1.54, 1.807) is 50.3 Å². The summed E-state index contributed by atoms with van der Waals surface area (Å²) in [6, 6.07) is 0. The van der Waals surface area contributed by atoms with E-state index in [4.69, 9.17) is 0 Å². The van der Waals surface area contributed by atoms with E-state index in [0.29, 0.717) is 0 Å². The Morgan fingerprint density at radius 2 is 1.23 bits per heavy atom. The van der Waals surface area contributed by atoms with Crippen molar-refractivity contribution in [2.75, 3.05) is 0 Å². The van der Waals surface area contributed by atoms with Gasteiger partial charge >= 0.3 is 0 Å². The molecule has 13 heavy (non-hydrogen) atoms. The van der Waals surface area contributed by atoms with Crippen molar-refractivity contribution >= 4 is 9.84 Å². The Morgan fingerprint density at radius 3 is 1.62 bits per heavy atom. The number of hydrogen-bond acceptors (Lipinski definition) is 2. The van der Waals surface area contributed by atoms with E-state index in [2.05, 4.69) is 0 Å². The Hall–Kier alpha value is -0.830. The van der Waals surface area contributed by atoms with Crippen LogP contribution in [-0.4, -0.2) is 17.9 Å². The molecule has 0 radical (unpaired) electrons. The molecule has 0 unspecified atom stereocenters. The maximum Gasteiger partial charge on any atom is 0.175 e. The minimum absolute atomic E-state index is 0.814. The number of sulfone groups is 1. The normalized spacial score (nSPS) is 45.1. The van der Waals surface area contributed by atoms with Crippen LogP contribution in [0.25, 0.3) is 0 Å². The summed E-state index contributed by atoms with van der Waals surface area (Å²) in [4.78, 5) is 0. The second-order valence-corrected chi connectivity index (χ2v) is 6.69. The second kappa shape index (κ2) is 2.15. The fourth-order valence-corrected chi connectivity index (χ4v) is 3.72. The van der Waals surface area contributed by atoms with Gasteiger partial charge in [-0.3, -0.25) is 0 Å². The van der Waals surface area contributed by atoms with Crippen LogP contribution in [0.15, 0.2) is 36.5 Å². The summed E-state index contributed by atoms with van der Waals surface area (Å²) in [6.07, 6.45) is 10.6. The van der Waals surface area contributed by atoms with Gasteiger partial charge in [0.2, 0.25) is 0 Å². The van der Waals surface area contributed by atoms with Crippen molar-refractivity contribution in [1.29, 1.82) is 0 Å². The molecule has 0 aromatic carbocycles. The predicted octanol–water partition coefficient (Wildman–Crippen LogP) is 1.61. The van der Waals surface area contributed by atoms with Crippen LogP contribution in [-0.2, 0) is 9.84 Å². The Kier molecular flexibility index (Phi) is 1.45. The van der Waals surface area contributed by atoms with E-state index in [1.807, 2.05) is 0 Å². The van der Waals surface area contributed by atoms with Crippen molar-refractivity contribution in [1.82, 2.24) is 0 Å². The first kappa shape index (κ1) is 8.75. The monoisotopic (exact) mass is 196 g/mol. The smallest absolute Gasteiger partial charge is 0.175 e. The zero-order chi connectivity index (χ0) is 9.74. The summed E-state index contributed by atoms with van der Waals surface area (Å²) in [5, 5.41) is 0. The standard InChI is InChI=1S/C10H12O2S/c1-9-5-3-4-6-10(2,8-7-9)13(9,11)12/h3-8H,1-2H3/t9-,10-/m1/s1. The van der Waals surface area contributed by atoms with E-state index in [9.17, 15) is 8.42 Å². The number of fused-ring (bicyclic) bond motifs is 2. The van der Waals surface area contributed by atoms with E-state index < -0.39 is 19.3 Å². The predicted molar refractivity (Wildman–Crippen MR) is 53.1 cm³/mol. The van der Waals surface area contributed by atoms with E-state index in [1.165, 1.54) is 0 Å². The van der Waals surface area contributed by atoms with Crippen LogP contribution in [0.3, 0.4) is 0 Å². The van der Waals surface area contributed by atoms with Gasteiger partial charge in [-0.05, 0) is 13.8 Å². The summed E-state index contributed by atoms with van der Waals surface area (Å²) < 4.78 is 22.5. The first-order chi connectivity index (χ1) is 5.91. The van der Waals surface area contributed by atoms with Crippen LogP contribution in [0, 0.1) is 0 Å². The van der Waals surface area contributed by atoms with Crippen LogP contribution in [0.4, 0.5) is 0 Å². The molecular formula is C10H12O2S. The van der Waals surface area contributed by atoms with Gasteiger partial charge in [0.15, 0.2) is 9.84 Å². The van der Waals surface area contributed by atoms with Gasteiger partial charge in [-0.1, -0.05) is 36.5 Å². The second-order valence-electron chi connectivity index (χ2n) is 3.92. The highest BCUT2D eigenvalue weighted by Gasteiger charge is 2.51. The van der Waals surface area contributed by atoms with Gasteiger partial charge in [0.1, 0.15) is 9.49 Å².